The molecule has 0 saturated carbocycles. The van der Waals surface area contributed by atoms with Gasteiger partial charge in [0.25, 0.3) is 0 Å². The lowest BCUT2D eigenvalue weighted by molar-refractivity contribution is 0.111. The highest BCUT2D eigenvalue weighted by Crippen LogP contribution is 2.33. The number of aliphatic hydroxyl groups excluding tert-OH is 1. The third-order valence-electron chi connectivity index (χ3n) is 5.97. The number of aliphatic hydroxyl groups is 1. The molecule has 1 aliphatic heterocycles. The molecule has 0 amide bonds. The highest BCUT2D eigenvalue weighted by atomic mass is 35.5. The van der Waals surface area contributed by atoms with Crippen molar-refractivity contribution >= 4 is 22.6 Å². The number of halogens is 1. The van der Waals surface area contributed by atoms with Crippen molar-refractivity contribution in [3.8, 4) is 16.9 Å². The van der Waals surface area contributed by atoms with Crippen LogP contribution in [0.4, 0.5) is 0 Å². The van der Waals surface area contributed by atoms with Crippen LogP contribution < -0.4 is 4.74 Å². The predicted octanol–water partition coefficient (Wildman–Crippen LogP) is 4.91. The number of hydrogen-bond donors (Lipinski definition) is 1. The van der Waals surface area contributed by atoms with Gasteiger partial charge < -0.3 is 19.2 Å². The molecule has 2 aromatic carbocycles. The number of benzene rings is 2. The summed E-state index contributed by atoms with van der Waals surface area (Å²) in [6.45, 7) is 7.29. The highest BCUT2D eigenvalue weighted by molar-refractivity contribution is 6.30. The number of rotatable bonds is 10. The summed E-state index contributed by atoms with van der Waals surface area (Å²) in [6.07, 6.45) is 5.21. The van der Waals surface area contributed by atoms with Gasteiger partial charge in [0.2, 0.25) is 0 Å². The van der Waals surface area contributed by atoms with Crippen molar-refractivity contribution < 1.29 is 14.3 Å². The molecule has 1 fully saturated rings. The topological polar surface area (TPSA) is 49.1 Å². The van der Waals surface area contributed by atoms with Crippen LogP contribution in [-0.4, -0.2) is 67.4 Å². The van der Waals surface area contributed by atoms with Crippen molar-refractivity contribution in [3.63, 3.8) is 0 Å². The molecule has 1 N–H and O–H groups in total. The second-order valence-electron chi connectivity index (χ2n) is 8.13. The Bertz CT molecular complexity index is 949. The van der Waals surface area contributed by atoms with Gasteiger partial charge in [-0.2, -0.15) is 0 Å². The van der Waals surface area contributed by atoms with Crippen LogP contribution in [0.2, 0.25) is 5.02 Å². The van der Waals surface area contributed by atoms with Crippen molar-refractivity contribution in [1.29, 1.82) is 0 Å². The first-order valence-corrected chi connectivity index (χ1v) is 11.6. The summed E-state index contributed by atoms with van der Waals surface area (Å²) in [4.78, 5) is 4.86. The molecule has 0 atom stereocenters. The van der Waals surface area contributed by atoms with E-state index in [2.05, 4.69) is 15.9 Å². The molecule has 1 aliphatic rings. The van der Waals surface area contributed by atoms with Crippen molar-refractivity contribution in [3.05, 3.63) is 53.8 Å². The Kier molecular flexibility index (Phi) is 7.86. The van der Waals surface area contributed by atoms with Gasteiger partial charge in [-0.3, -0.25) is 4.90 Å². The molecule has 0 radical (unpaired) electrons. The molecule has 0 spiro atoms. The van der Waals surface area contributed by atoms with Crippen LogP contribution in [0.5, 0.6) is 5.75 Å². The lowest BCUT2D eigenvalue weighted by Crippen LogP contribution is -2.47. The van der Waals surface area contributed by atoms with E-state index >= 15 is 0 Å². The lowest BCUT2D eigenvalue weighted by Gasteiger charge is -2.34. The van der Waals surface area contributed by atoms with Crippen LogP contribution in [0, 0.1) is 0 Å². The molecule has 6 heteroatoms. The van der Waals surface area contributed by atoms with Gasteiger partial charge in [0.05, 0.1) is 19.5 Å². The monoisotopic (exact) mass is 442 g/mol. The Hall–Kier alpha value is -2.05. The first-order chi connectivity index (χ1) is 15.2. The summed E-state index contributed by atoms with van der Waals surface area (Å²) in [7, 11) is 0. The first kappa shape index (κ1) is 22.2. The molecular formula is C25H31ClN2O3. The molecule has 5 nitrogen and oxygen atoms in total. The van der Waals surface area contributed by atoms with Crippen LogP contribution in [0.15, 0.2) is 53.1 Å². The van der Waals surface area contributed by atoms with Gasteiger partial charge in [-0.05, 0) is 55.6 Å². The van der Waals surface area contributed by atoms with E-state index < -0.39 is 0 Å². The van der Waals surface area contributed by atoms with E-state index in [1.807, 2.05) is 36.4 Å². The number of nitrogens with zero attached hydrogens (tertiary/aromatic N) is 2. The zero-order valence-electron chi connectivity index (χ0n) is 17.9. The Labute approximate surface area is 189 Å². The van der Waals surface area contributed by atoms with Gasteiger partial charge in [0.1, 0.15) is 11.3 Å². The zero-order valence-corrected chi connectivity index (χ0v) is 18.7. The van der Waals surface area contributed by atoms with E-state index in [4.69, 9.17) is 25.9 Å². The van der Waals surface area contributed by atoms with Crippen molar-refractivity contribution in [2.45, 2.75) is 19.3 Å². The summed E-state index contributed by atoms with van der Waals surface area (Å²) in [5.41, 5.74) is 2.99. The van der Waals surface area contributed by atoms with Crippen LogP contribution in [0.25, 0.3) is 22.1 Å². The van der Waals surface area contributed by atoms with Gasteiger partial charge in [-0.15, -0.1) is 0 Å². The quantitative estimate of drug-likeness (QED) is 0.452. The Balaban J connectivity index is 1.18. The van der Waals surface area contributed by atoms with Crippen LogP contribution in [-0.2, 0) is 0 Å². The van der Waals surface area contributed by atoms with Crippen LogP contribution >= 0.6 is 11.6 Å². The molecule has 0 bridgehead atoms. The molecular weight excluding hydrogens is 412 g/mol. The van der Waals surface area contributed by atoms with Crippen LogP contribution in [0.3, 0.4) is 0 Å². The predicted molar refractivity (Wildman–Crippen MR) is 126 cm³/mol. The maximum absolute atomic E-state index is 9.02. The number of ether oxygens (including phenoxy) is 1. The van der Waals surface area contributed by atoms with Crippen molar-refractivity contribution in [1.82, 2.24) is 9.80 Å². The first-order valence-electron chi connectivity index (χ1n) is 11.2. The minimum atomic E-state index is 0.260. The summed E-state index contributed by atoms with van der Waals surface area (Å²) >= 11 is 6.00. The largest absolute Gasteiger partial charge is 0.493 e. The van der Waals surface area contributed by atoms with E-state index in [1.54, 1.807) is 6.26 Å². The Morgan fingerprint density at radius 1 is 0.903 bits per heavy atom. The van der Waals surface area contributed by atoms with Crippen LogP contribution in [0.1, 0.15) is 19.3 Å². The fraction of sp³-hybridized carbons (Fsp3) is 0.440. The van der Waals surface area contributed by atoms with E-state index in [0.717, 1.165) is 85.2 Å². The molecule has 2 heterocycles. The van der Waals surface area contributed by atoms with Gasteiger partial charge in [-0.1, -0.05) is 23.7 Å². The average molecular weight is 443 g/mol. The zero-order chi connectivity index (χ0) is 21.5. The number of piperazine rings is 1. The molecule has 0 unspecified atom stereocenters. The third-order valence-corrected chi connectivity index (χ3v) is 6.22. The Morgan fingerprint density at radius 3 is 2.39 bits per heavy atom. The molecule has 0 aliphatic carbocycles. The Morgan fingerprint density at radius 2 is 1.65 bits per heavy atom. The number of furan rings is 1. The van der Waals surface area contributed by atoms with Gasteiger partial charge >= 0.3 is 0 Å². The average Bonchev–Trinajstić information content (AvgIpc) is 3.21. The number of unbranched alkanes of at least 4 members (excludes halogenated alkanes) is 2. The summed E-state index contributed by atoms with van der Waals surface area (Å²) in [5, 5.41) is 10.8. The molecule has 1 aromatic heterocycles. The van der Waals surface area contributed by atoms with Crippen molar-refractivity contribution in [2.24, 2.45) is 0 Å². The maximum Gasteiger partial charge on any atom is 0.138 e. The third kappa shape index (κ3) is 6.01. The standard InChI is InChI=1S/C25H31ClN2O3/c26-21-6-4-20(5-7-21)24-19-31-25-18-22(8-9-23(24)25)30-17-3-1-2-10-27-11-13-28(14-12-27)15-16-29/h4-9,18-19,29H,1-3,10-17H2. The summed E-state index contributed by atoms with van der Waals surface area (Å²) in [6, 6.07) is 13.9. The fourth-order valence-electron chi connectivity index (χ4n) is 4.13. The number of β-amino-alcohol motifs (C(OH)–C–C–N with tert-alkyl or cyclic N) is 1. The van der Waals surface area contributed by atoms with Gasteiger partial charge in [-0.25, -0.2) is 0 Å². The van der Waals surface area contributed by atoms with E-state index in [9.17, 15) is 0 Å². The van der Waals surface area contributed by atoms with E-state index in [1.165, 1.54) is 12.8 Å². The smallest absolute Gasteiger partial charge is 0.138 e. The molecule has 1 saturated heterocycles. The number of fused-ring (bicyclic) bond motifs is 1. The van der Waals surface area contributed by atoms with E-state index in [-0.39, 0.29) is 6.61 Å². The molecule has 31 heavy (non-hydrogen) atoms. The summed E-state index contributed by atoms with van der Waals surface area (Å²) in [5.74, 6) is 0.851. The van der Waals surface area contributed by atoms with E-state index in [0.29, 0.717) is 0 Å². The fourth-order valence-corrected chi connectivity index (χ4v) is 4.26. The van der Waals surface area contributed by atoms with Crippen molar-refractivity contribution in [2.75, 3.05) is 52.5 Å². The minimum Gasteiger partial charge on any atom is -0.493 e. The molecule has 3 aromatic rings. The molecule has 4 rings (SSSR count). The SMILES string of the molecule is OCCN1CCN(CCCCCOc2ccc3c(-c4ccc(Cl)cc4)coc3c2)CC1. The second kappa shape index (κ2) is 11.0. The highest BCUT2D eigenvalue weighted by Gasteiger charge is 2.15. The maximum atomic E-state index is 9.02. The second-order valence-corrected chi connectivity index (χ2v) is 8.57. The van der Waals surface area contributed by atoms with Gasteiger partial charge in [0, 0.05) is 54.8 Å². The number of hydrogen-bond acceptors (Lipinski definition) is 5. The summed E-state index contributed by atoms with van der Waals surface area (Å²) < 4.78 is 11.7. The molecule has 166 valence electrons. The minimum absolute atomic E-state index is 0.260. The lowest BCUT2D eigenvalue weighted by atomic mass is 10.0. The van der Waals surface area contributed by atoms with Gasteiger partial charge in [0.15, 0.2) is 0 Å². The normalized spacial score (nSPS) is 15.5.